The van der Waals surface area contributed by atoms with Crippen LogP contribution in [0.3, 0.4) is 0 Å². The van der Waals surface area contributed by atoms with Crippen LogP contribution in [0.4, 0.5) is 0 Å². The molecule has 1 aromatic carbocycles. The molecule has 1 aliphatic rings. The number of aliphatic hydroxyl groups is 1. The summed E-state index contributed by atoms with van der Waals surface area (Å²) in [7, 11) is 0. The van der Waals surface area contributed by atoms with Crippen LogP contribution in [0.5, 0.6) is 5.75 Å². The number of nitrogens with zero attached hydrogens (tertiary/aromatic N) is 1. The zero-order valence-corrected chi connectivity index (χ0v) is 14.0. The molecule has 0 spiro atoms. The number of thiocarbonyl (C=S) groups is 1. The second kappa shape index (κ2) is 6.11. The predicted octanol–water partition coefficient (Wildman–Crippen LogP) is 2.00. The van der Waals surface area contributed by atoms with Crippen LogP contribution < -0.4 is 15.4 Å². The Kier molecular flexibility index (Phi) is 4.59. The van der Waals surface area contributed by atoms with Gasteiger partial charge in [0, 0.05) is 11.6 Å². The first-order valence-corrected chi connectivity index (χ1v) is 7.63. The van der Waals surface area contributed by atoms with Crippen LogP contribution in [-0.2, 0) is 0 Å². The van der Waals surface area contributed by atoms with E-state index in [4.69, 9.17) is 22.2 Å². The first-order chi connectivity index (χ1) is 10.2. The molecule has 1 heterocycles. The van der Waals surface area contributed by atoms with E-state index in [-0.39, 0.29) is 6.04 Å². The van der Waals surface area contributed by atoms with Gasteiger partial charge in [-0.2, -0.15) is 5.26 Å². The van der Waals surface area contributed by atoms with Crippen molar-refractivity contribution in [2.75, 3.05) is 0 Å². The highest BCUT2D eigenvalue weighted by Gasteiger charge is 2.43. The number of fused-ring (bicyclic) bond motifs is 1. The van der Waals surface area contributed by atoms with Crippen molar-refractivity contribution in [2.24, 2.45) is 0 Å². The Hall–Kier alpha value is -1.84. The Bertz CT molecular complexity index is 622. The van der Waals surface area contributed by atoms with E-state index in [1.807, 2.05) is 27.7 Å². The maximum Gasteiger partial charge on any atom is 0.166 e. The summed E-state index contributed by atoms with van der Waals surface area (Å²) in [5.41, 5.74) is 0.439. The lowest BCUT2D eigenvalue weighted by molar-refractivity contribution is -0.0202. The van der Waals surface area contributed by atoms with Crippen molar-refractivity contribution < 1.29 is 9.84 Å². The number of benzene rings is 1. The van der Waals surface area contributed by atoms with Crippen molar-refractivity contribution in [1.82, 2.24) is 10.6 Å². The normalized spacial score (nSPS) is 22.2. The molecule has 1 aliphatic heterocycles. The van der Waals surface area contributed by atoms with Gasteiger partial charge in [0.25, 0.3) is 0 Å². The molecular weight excluding hydrogens is 298 g/mol. The minimum atomic E-state index is -0.820. The summed E-state index contributed by atoms with van der Waals surface area (Å²) in [5, 5.41) is 26.4. The molecule has 22 heavy (non-hydrogen) atoms. The summed E-state index contributed by atoms with van der Waals surface area (Å²) in [6.45, 7) is 7.77. The fourth-order valence-corrected chi connectivity index (χ4v) is 2.91. The molecule has 5 nitrogen and oxygen atoms in total. The average Bonchev–Trinajstić information content (AvgIpc) is 2.42. The number of ether oxygens (including phenoxy) is 1. The van der Waals surface area contributed by atoms with Crippen LogP contribution in [0.1, 0.15) is 44.9 Å². The largest absolute Gasteiger partial charge is 0.485 e. The van der Waals surface area contributed by atoms with Gasteiger partial charge in [-0.05, 0) is 58.1 Å². The lowest BCUT2D eigenvalue weighted by Gasteiger charge is -2.43. The predicted molar refractivity (Wildman–Crippen MR) is 88.6 cm³/mol. The van der Waals surface area contributed by atoms with E-state index in [1.165, 1.54) is 0 Å². The van der Waals surface area contributed by atoms with Crippen molar-refractivity contribution in [3.05, 3.63) is 29.3 Å². The molecule has 0 bridgehead atoms. The SMILES string of the molecule is CC(C)NC(=S)N[C@H]1[C@H](O)c2cc(C#N)ccc2OC1(C)C. The van der Waals surface area contributed by atoms with Gasteiger partial charge < -0.3 is 20.5 Å². The van der Waals surface area contributed by atoms with Crippen molar-refractivity contribution in [3.8, 4) is 11.8 Å². The van der Waals surface area contributed by atoms with Gasteiger partial charge in [0.05, 0.1) is 17.7 Å². The van der Waals surface area contributed by atoms with Crippen molar-refractivity contribution in [3.63, 3.8) is 0 Å². The van der Waals surface area contributed by atoms with Crippen molar-refractivity contribution in [2.45, 2.75) is 51.5 Å². The number of hydrogen-bond donors (Lipinski definition) is 3. The van der Waals surface area contributed by atoms with Gasteiger partial charge in [0.1, 0.15) is 17.5 Å². The summed E-state index contributed by atoms with van der Waals surface area (Å²) in [6.07, 6.45) is -0.820. The smallest absolute Gasteiger partial charge is 0.166 e. The third kappa shape index (κ3) is 3.32. The lowest BCUT2D eigenvalue weighted by atomic mass is 9.85. The van der Waals surface area contributed by atoms with Gasteiger partial charge >= 0.3 is 0 Å². The van der Waals surface area contributed by atoms with E-state index in [2.05, 4.69) is 16.7 Å². The Morgan fingerprint density at radius 1 is 1.45 bits per heavy atom. The molecule has 0 amide bonds. The maximum absolute atomic E-state index is 10.7. The molecule has 2 atom stereocenters. The van der Waals surface area contributed by atoms with E-state index in [0.717, 1.165) is 0 Å². The molecule has 0 aliphatic carbocycles. The van der Waals surface area contributed by atoms with Crippen LogP contribution >= 0.6 is 12.2 Å². The van der Waals surface area contributed by atoms with Gasteiger partial charge in [-0.1, -0.05) is 0 Å². The molecule has 0 aromatic heterocycles. The third-order valence-electron chi connectivity index (χ3n) is 3.60. The molecule has 118 valence electrons. The Morgan fingerprint density at radius 3 is 2.73 bits per heavy atom. The minimum absolute atomic E-state index is 0.197. The fraction of sp³-hybridized carbons (Fsp3) is 0.500. The van der Waals surface area contributed by atoms with Gasteiger partial charge in [0.15, 0.2) is 5.11 Å². The maximum atomic E-state index is 10.7. The zero-order chi connectivity index (χ0) is 16.5. The molecule has 0 fully saturated rings. The van der Waals surface area contributed by atoms with Gasteiger partial charge in [-0.25, -0.2) is 0 Å². The van der Waals surface area contributed by atoms with Crippen LogP contribution in [0.2, 0.25) is 0 Å². The Morgan fingerprint density at radius 2 is 2.14 bits per heavy atom. The number of aliphatic hydroxyl groups excluding tert-OH is 1. The zero-order valence-electron chi connectivity index (χ0n) is 13.2. The summed E-state index contributed by atoms with van der Waals surface area (Å²) in [4.78, 5) is 0. The Labute approximate surface area is 136 Å². The highest BCUT2D eigenvalue weighted by atomic mass is 32.1. The summed E-state index contributed by atoms with van der Waals surface area (Å²) in [5.74, 6) is 0.595. The molecule has 0 unspecified atom stereocenters. The Balaban J connectivity index is 2.30. The van der Waals surface area contributed by atoms with Crippen LogP contribution in [-0.4, -0.2) is 27.9 Å². The highest BCUT2D eigenvalue weighted by molar-refractivity contribution is 7.80. The minimum Gasteiger partial charge on any atom is -0.485 e. The number of nitrogens with one attached hydrogen (secondary N) is 2. The first kappa shape index (κ1) is 16.5. The fourth-order valence-electron chi connectivity index (χ4n) is 2.55. The second-order valence-electron chi connectivity index (χ2n) is 6.26. The molecule has 1 aromatic rings. The molecule has 6 heteroatoms. The van der Waals surface area contributed by atoms with E-state index in [9.17, 15) is 5.11 Å². The van der Waals surface area contributed by atoms with Crippen LogP contribution in [0, 0.1) is 11.3 Å². The standard InChI is InChI=1S/C16H21N3O2S/c1-9(2)18-15(22)19-14-13(20)11-7-10(8-17)5-6-12(11)21-16(14,3)4/h5-7,9,13-14,20H,1-4H3,(H2,18,19,22)/t13-,14+/m1/s1. The third-order valence-corrected chi connectivity index (χ3v) is 3.84. The van der Waals surface area contributed by atoms with Crippen molar-refractivity contribution >= 4 is 17.3 Å². The topological polar surface area (TPSA) is 77.3 Å². The molecule has 2 rings (SSSR count). The lowest BCUT2D eigenvalue weighted by Crippen LogP contribution is -2.59. The molecule has 0 radical (unpaired) electrons. The van der Waals surface area contributed by atoms with E-state index in [0.29, 0.717) is 22.0 Å². The number of hydrogen-bond acceptors (Lipinski definition) is 4. The van der Waals surface area contributed by atoms with E-state index >= 15 is 0 Å². The molecule has 0 saturated heterocycles. The van der Waals surface area contributed by atoms with Gasteiger partial charge in [0.2, 0.25) is 0 Å². The van der Waals surface area contributed by atoms with Crippen LogP contribution in [0.15, 0.2) is 18.2 Å². The highest BCUT2D eigenvalue weighted by Crippen LogP contribution is 2.40. The average molecular weight is 319 g/mol. The van der Waals surface area contributed by atoms with Gasteiger partial charge in [-0.3, -0.25) is 0 Å². The van der Waals surface area contributed by atoms with E-state index in [1.54, 1.807) is 18.2 Å². The summed E-state index contributed by atoms with van der Waals surface area (Å²) < 4.78 is 5.99. The monoisotopic (exact) mass is 319 g/mol. The summed E-state index contributed by atoms with van der Waals surface area (Å²) >= 11 is 5.27. The van der Waals surface area contributed by atoms with Gasteiger partial charge in [-0.15, -0.1) is 0 Å². The van der Waals surface area contributed by atoms with Crippen molar-refractivity contribution in [1.29, 1.82) is 5.26 Å². The molecule has 3 N–H and O–H groups in total. The molecule has 0 saturated carbocycles. The van der Waals surface area contributed by atoms with E-state index < -0.39 is 17.7 Å². The molecular formula is C16H21N3O2S. The second-order valence-corrected chi connectivity index (χ2v) is 6.67. The van der Waals surface area contributed by atoms with Crippen LogP contribution in [0.25, 0.3) is 0 Å². The summed E-state index contributed by atoms with van der Waals surface area (Å²) in [6, 6.07) is 6.91. The number of rotatable bonds is 2. The number of nitriles is 1. The quantitative estimate of drug-likeness (QED) is 0.724. The first-order valence-electron chi connectivity index (χ1n) is 7.22.